The maximum atomic E-state index is 10.2. The average molecular weight is 433 g/mol. The summed E-state index contributed by atoms with van der Waals surface area (Å²) in [5, 5.41) is 0. The summed E-state index contributed by atoms with van der Waals surface area (Å²) in [4.78, 5) is 0. The molecule has 0 aromatic carbocycles. The normalized spacial score (nSPS) is 10.9. The Morgan fingerprint density at radius 2 is 0.731 bits per heavy atom. The van der Waals surface area contributed by atoms with Gasteiger partial charge >= 0.3 is 59.1 Å². The molecule has 148 valence electrons. The molecule has 0 rings (SSSR count). The second-order valence-electron chi connectivity index (χ2n) is 6.06. The zero-order chi connectivity index (χ0) is 18.9. The molecule has 0 fully saturated rings. The van der Waals surface area contributed by atoms with E-state index in [4.69, 9.17) is 0 Å². The van der Waals surface area contributed by atoms with Crippen molar-refractivity contribution in [1.82, 2.24) is 0 Å². The van der Waals surface area contributed by atoms with Gasteiger partial charge in [-0.05, 0) is 12.8 Å². The van der Waals surface area contributed by atoms with Crippen LogP contribution in [0.3, 0.4) is 0 Å². The first-order chi connectivity index (χ1) is 11.1. The van der Waals surface area contributed by atoms with Crippen LogP contribution in [0.25, 0.3) is 0 Å². The van der Waals surface area contributed by atoms with Crippen molar-refractivity contribution in [3.63, 3.8) is 0 Å². The zero-order valence-corrected chi connectivity index (χ0v) is 22.8. The first-order valence-corrected chi connectivity index (χ1v) is 12.1. The Labute approximate surface area is 205 Å². The van der Waals surface area contributed by atoms with Crippen LogP contribution in [0.15, 0.2) is 0 Å². The fraction of sp³-hybridized carbons (Fsp3) is 1.00. The fourth-order valence-electron chi connectivity index (χ4n) is 2.12. The molecule has 0 bridgehead atoms. The van der Waals surface area contributed by atoms with E-state index in [0.29, 0.717) is 12.8 Å². The van der Waals surface area contributed by atoms with E-state index in [1.807, 2.05) is 0 Å². The molecule has 10 heteroatoms. The molecule has 0 unspecified atom stereocenters. The van der Waals surface area contributed by atoms with Gasteiger partial charge in [0.2, 0.25) is 0 Å². The van der Waals surface area contributed by atoms with Crippen LogP contribution >= 0.6 is 0 Å². The Morgan fingerprint density at radius 3 is 0.962 bits per heavy atom. The van der Waals surface area contributed by atoms with E-state index in [2.05, 4.69) is 13.8 Å². The topological polar surface area (TPSA) is 114 Å². The molecule has 0 heterocycles. The molecule has 0 saturated carbocycles. The van der Waals surface area contributed by atoms with Crippen LogP contribution in [-0.4, -0.2) is 37.4 Å². The number of rotatable bonds is 14. The van der Waals surface area contributed by atoms with Gasteiger partial charge in [0.05, 0.1) is 20.2 Å². The van der Waals surface area contributed by atoms with E-state index in [-0.39, 0.29) is 70.6 Å². The smallest absolute Gasteiger partial charge is 0.748 e. The average Bonchev–Trinajstić information content (AvgIpc) is 2.45. The minimum Gasteiger partial charge on any atom is -0.748 e. The van der Waals surface area contributed by atoms with Gasteiger partial charge in [-0.1, -0.05) is 78.1 Å². The van der Waals surface area contributed by atoms with Gasteiger partial charge < -0.3 is 9.11 Å². The zero-order valence-electron chi connectivity index (χ0n) is 17.2. The maximum Gasteiger partial charge on any atom is 1.00 e. The van der Waals surface area contributed by atoms with Crippen molar-refractivity contribution in [3.05, 3.63) is 0 Å². The molecule has 0 aliphatic carbocycles. The number of unbranched alkanes of at least 4 members (excludes halogenated alkanes) is 10. The second-order valence-corrected chi connectivity index (χ2v) is 9.11. The predicted octanol–water partition coefficient (Wildman–Crippen LogP) is -2.21. The summed E-state index contributed by atoms with van der Waals surface area (Å²) in [6.07, 6.45) is 11.9. The third kappa shape index (κ3) is 40.5. The Morgan fingerprint density at radius 1 is 0.500 bits per heavy atom. The van der Waals surface area contributed by atoms with Crippen molar-refractivity contribution in [2.24, 2.45) is 0 Å². The summed E-state index contributed by atoms with van der Waals surface area (Å²) < 4.78 is 61.0. The minimum atomic E-state index is -3.97. The summed E-state index contributed by atoms with van der Waals surface area (Å²) in [5.41, 5.74) is 0. The van der Waals surface area contributed by atoms with Gasteiger partial charge in [-0.25, -0.2) is 16.8 Å². The molecule has 0 atom stereocenters. The van der Waals surface area contributed by atoms with Crippen LogP contribution in [0.5, 0.6) is 0 Å². The molecule has 0 aliphatic rings. The van der Waals surface area contributed by atoms with Gasteiger partial charge in [0.25, 0.3) is 0 Å². The molecule has 0 aliphatic heterocycles. The SMILES string of the molecule is CCCCCCCCS(=O)(=O)[O-].CCCCCCCCS(=O)(=O)[O-].[Na+].[Na+]. The Bertz CT molecular complexity index is 423. The minimum absolute atomic E-state index is 0. The van der Waals surface area contributed by atoms with Crippen molar-refractivity contribution in [1.29, 1.82) is 0 Å². The second kappa shape index (κ2) is 23.1. The van der Waals surface area contributed by atoms with Gasteiger partial charge in [0, 0.05) is 11.5 Å². The number of hydrogen-bond donors (Lipinski definition) is 0. The first-order valence-electron chi connectivity index (χ1n) is 8.99. The van der Waals surface area contributed by atoms with Crippen LogP contribution in [0, 0.1) is 0 Å². The largest absolute Gasteiger partial charge is 1.00 e. The Hall–Kier alpha value is 1.82. The summed E-state index contributed by atoms with van der Waals surface area (Å²) in [5.74, 6) is -0.391. The van der Waals surface area contributed by atoms with Crippen LogP contribution in [-0.2, 0) is 20.2 Å². The standard InChI is InChI=1S/2C8H18O3S.2Na/c2*1-2-3-4-5-6-7-8-12(9,10)11;;/h2*2-8H2,1H3,(H,9,10,11);;/q;;2*+1/p-2. The van der Waals surface area contributed by atoms with E-state index in [1.165, 1.54) is 25.7 Å². The monoisotopic (exact) mass is 432 g/mol. The maximum absolute atomic E-state index is 10.2. The Balaban J connectivity index is -0.000000173. The summed E-state index contributed by atoms with van der Waals surface area (Å²) >= 11 is 0. The van der Waals surface area contributed by atoms with Crippen molar-refractivity contribution >= 4 is 20.2 Å². The molecule has 0 N–H and O–H groups in total. The molecule has 0 aromatic rings. The van der Waals surface area contributed by atoms with Crippen molar-refractivity contribution in [2.45, 2.75) is 90.9 Å². The van der Waals surface area contributed by atoms with Gasteiger partial charge in [-0.3, -0.25) is 0 Å². The third-order valence-corrected chi connectivity index (χ3v) is 5.07. The number of hydrogen-bond acceptors (Lipinski definition) is 6. The van der Waals surface area contributed by atoms with Gasteiger partial charge in [-0.15, -0.1) is 0 Å². The molecule has 0 spiro atoms. The quantitative estimate of drug-likeness (QED) is 0.175. The van der Waals surface area contributed by atoms with Gasteiger partial charge in [-0.2, -0.15) is 0 Å². The van der Waals surface area contributed by atoms with Crippen molar-refractivity contribution in [2.75, 3.05) is 11.5 Å². The van der Waals surface area contributed by atoms with Gasteiger partial charge in [0.1, 0.15) is 0 Å². The van der Waals surface area contributed by atoms with Gasteiger partial charge in [0.15, 0.2) is 0 Å². The van der Waals surface area contributed by atoms with E-state index in [9.17, 15) is 25.9 Å². The van der Waals surface area contributed by atoms with Crippen molar-refractivity contribution < 1.29 is 85.1 Å². The van der Waals surface area contributed by atoms with E-state index >= 15 is 0 Å². The van der Waals surface area contributed by atoms with E-state index < -0.39 is 20.2 Å². The van der Waals surface area contributed by atoms with Crippen LogP contribution < -0.4 is 59.1 Å². The predicted molar refractivity (Wildman–Crippen MR) is 95.9 cm³/mol. The van der Waals surface area contributed by atoms with E-state index in [1.54, 1.807) is 0 Å². The van der Waals surface area contributed by atoms with E-state index in [0.717, 1.165) is 38.5 Å². The van der Waals surface area contributed by atoms with Crippen LogP contribution in [0.2, 0.25) is 0 Å². The molecule has 0 aromatic heterocycles. The molecule has 0 radical (unpaired) electrons. The molecule has 0 saturated heterocycles. The Kier molecular flexibility index (Phi) is 31.3. The third-order valence-electron chi connectivity index (χ3n) is 3.50. The molecule has 26 heavy (non-hydrogen) atoms. The molecule has 6 nitrogen and oxygen atoms in total. The summed E-state index contributed by atoms with van der Waals surface area (Å²) in [7, 11) is -7.93. The first kappa shape index (κ1) is 35.3. The fourth-order valence-corrected chi connectivity index (χ4v) is 3.23. The summed E-state index contributed by atoms with van der Waals surface area (Å²) in [6, 6.07) is 0. The molecular weight excluding hydrogens is 398 g/mol. The molecular formula is C16H34Na2O6S2. The molecule has 0 amide bonds. The van der Waals surface area contributed by atoms with Crippen LogP contribution in [0.4, 0.5) is 0 Å². The summed E-state index contributed by atoms with van der Waals surface area (Å²) in [6.45, 7) is 4.25. The van der Waals surface area contributed by atoms with Crippen LogP contribution in [0.1, 0.15) is 90.9 Å². The van der Waals surface area contributed by atoms with Crippen molar-refractivity contribution in [3.8, 4) is 0 Å².